The number of methoxy groups -OCH3 is 1. The van der Waals surface area contributed by atoms with E-state index in [0.29, 0.717) is 40.2 Å². The van der Waals surface area contributed by atoms with Gasteiger partial charge in [0.15, 0.2) is 0 Å². The van der Waals surface area contributed by atoms with Gasteiger partial charge in [0.25, 0.3) is 5.91 Å². The average Bonchev–Trinajstić information content (AvgIpc) is 3.24. The van der Waals surface area contributed by atoms with Crippen LogP contribution in [0, 0.1) is 0 Å². The summed E-state index contributed by atoms with van der Waals surface area (Å²) in [5, 5.41) is 3.78. The van der Waals surface area contributed by atoms with Crippen molar-refractivity contribution in [3.8, 4) is 11.5 Å². The highest BCUT2D eigenvalue weighted by Gasteiger charge is 2.18. The Labute approximate surface area is 202 Å². The van der Waals surface area contributed by atoms with Crippen LogP contribution >= 0.6 is 34.5 Å². The maximum atomic E-state index is 13.2. The zero-order chi connectivity index (χ0) is 23.1. The normalized spacial score (nSPS) is 10.9. The van der Waals surface area contributed by atoms with Gasteiger partial charge in [-0.3, -0.25) is 4.79 Å². The topological polar surface area (TPSA) is 54.9 Å². The summed E-state index contributed by atoms with van der Waals surface area (Å²) < 4.78 is 11.0. The van der Waals surface area contributed by atoms with E-state index in [1.54, 1.807) is 42.3 Å². The van der Waals surface area contributed by atoms with E-state index in [1.807, 2.05) is 36.5 Å². The largest absolute Gasteiger partial charge is 0.497 e. The maximum absolute atomic E-state index is 13.2. The summed E-state index contributed by atoms with van der Waals surface area (Å²) in [4.78, 5) is 21.7. The van der Waals surface area contributed by atoms with Crippen LogP contribution in [0.4, 0.5) is 0 Å². The Bertz CT molecular complexity index is 1060. The first kappa shape index (κ1) is 24.3. The molecule has 1 heterocycles. The molecule has 0 radical (unpaired) electrons. The lowest BCUT2D eigenvalue weighted by molar-refractivity contribution is 0.0729. The van der Waals surface area contributed by atoms with Gasteiger partial charge in [-0.15, -0.1) is 11.3 Å². The van der Waals surface area contributed by atoms with Gasteiger partial charge in [-0.05, 0) is 44.4 Å². The van der Waals surface area contributed by atoms with E-state index in [4.69, 9.17) is 32.7 Å². The SMILES string of the molecule is COc1cccc(C(=O)N(CCN(C)C)Cc2csc(COc3cc(Cl)ccc3Cl)n2)c1. The molecule has 0 spiro atoms. The van der Waals surface area contributed by atoms with Gasteiger partial charge in [0.05, 0.1) is 24.4 Å². The minimum Gasteiger partial charge on any atom is -0.497 e. The Balaban J connectivity index is 1.70. The number of hydrogen-bond donors (Lipinski definition) is 0. The number of carbonyl (C=O) groups excluding carboxylic acids is 1. The standard InChI is InChI=1S/C23H25Cl2N3O3S/c1-27(2)9-10-28(23(29)16-5-4-6-19(11-16)30-3)13-18-15-32-22(26-18)14-31-21-12-17(24)7-8-20(21)25/h4-8,11-12,15H,9-10,13-14H2,1-3H3. The van der Waals surface area contributed by atoms with E-state index in [0.717, 1.165) is 17.2 Å². The summed E-state index contributed by atoms with van der Waals surface area (Å²) in [7, 11) is 5.55. The molecular weight excluding hydrogens is 469 g/mol. The van der Waals surface area contributed by atoms with Crippen LogP contribution in [0.2, 0.25) is 10.0 Å². The highest BCUT2D eigenvalue weighted by Crippen LogP contribution is 2.28. The Morgan fingerprint density at radius 2 is 1.94 bits per heavy atom. The summed E-state index contributed by atoms with van der Waals surface area (Å²) in [6.45, 7) is 1.98. The zero-order valence-corrected chi connectivity index (χ0v) is 20.5. The third-order valence-corrected chi connectivity index (χ3v) is 6.04. The minimum atomic E-state index is -0.0674. The van der Waals surface area contributed by atoms with Crippen LogP contribution < -0.4 is 9.47 Å². The van der Waals surface area contributed by atoms with Gasteiger partial charge in [-0.25, -0.2) is 4.98 Å². The summed E-state index contributed by atoms with van der Waals surface area (Å²) in [5.74, 6) is 1.09. The van der Waals surface area contributed by atoms with E-state index < -0.39 is 0 Å². The molecule has 0 aliphatic heterocycles. The predicted octanol–water partition coefficient (Wildman–Crippen LogP) is 5.24. The first-order valence-corrected chi connectivity index (χ1v) is 11.6. The van der Waals surface area contributed by atoms with Crippen molar-refractivity contribution in [2.75, 3.05) is 34.3 Å². The third-order valence-electron chi connectivity index (χ3n) is 4.62. The summed E-state index contributed by atoms with van der Waals surface area (Å²) in [6, 6.07) is 12.3. The second-order valence-corrected chi connectivity index (χ2v) is 9.14. The molecule has 0 N–H and O–H groups in total. The fourth-order valence-electron chi connectivity index (χ4n) is 2.92. The molecule has 3 rings (SSSR count). The number of hydrogen-bond acceptors (Lipinski definition) is 6. The molecule has 0 saturated carbocycles. The van der Waals surface area contributed by atoms with Gasteiger partial charge in [0, 0.05) is 35.1 Å². The molecule has 1 amide bonds. The highest BCUT2D eigenvalue weighted by atomic mass is 35.5. The Hall–Kier alpha value is -2.32. The third kappa shape index (κ3) is 6.84. The van der Waals surface area contributed by atoms with E-state index >= 15 is 0 Å². The van der Waals surface area contributed by atoms with Gasteiger partial charge in [0.1, 0.15) is 23.1 Å². The molecule has 0 atom stereocenters. The van der Waals surface area contributed by atoms with Crippen molar-refractivity contribution in [3.63, 3.8) is 0 Å². The van der Waals surface area contributed by atoms with Crippen LogP contribution in [0.5, 0.6) is 11.5 Å². The number of aromatic nitrogens is 1. The molecule has 170 valence electrons. The monoisotopic (exact) mass is 493 g/mol. The van der Waals surface area contributed by atoms with Gasteiger partial charge in [0.2, 0.25) is 0 Å². The Morgan fingerprint density at radius 3 is 2.69 bits per heavy atom. The summed E-state index contributed by atoms with van der Waals surface area (Å²) in [5.41, 5.74) is 1.39. The molecule has 0 saturated heterocycles. The molecule has 0 unspecified atom stereocenters. The van der Waals surface area contributed by atoms with E-state index in [2.05, 4.69) is 4.98 Å². The number of rotatable bonds is 10. The maximum Gasteiger partial charge on any atom is 0.254 e. The van der Waals surface area contributed by atoms with Crippen molar-refractivity contribution in [3.05, 3.63) is 74.2 Å². The van der Waals surface area contributed by atoms with Crippen molar-refractivity contribution in [1.29, 1.82) is 0 Å². The molecule has 2 aromatic carbocycles. The number of carbonyl (C=O) groups is 1. The smallest absolute Gasteiger partial charge is 0.254 e. The molecule has 9 heteroatoms. The predicted molar refractivity (Wildman–Crippen MR) is 129 cm³/mol. The number of thiazole rings is 1. The first-order chi connectivity index (χ1) is 15.4. The van der Waals surface area contributed by atoms with Gasteiger partial charge in [-0.2, -0.15) is 0 Å². The number of halogens is 2. The molecule has 0 aliphatic rings. The van der Waals surface area contributed by atoms with Crippen LogP contribution in [0.15, 0.2) is 47.8 Å². The number of ether oxygens (including phenoxy) is 2. The fourth-order valence-corrected chi connectivity index (χ4v) is 3.95. The lowest BCUT2D eigenvalue weighted by atomic mass is 10.2. The summed E-state index contributed by atoms with van der Waals surface area (Å²) >= 11 is 13.6. The number of benzene rings is 2. The van der Waals surface area contributed by atoms with Crippen LogP contribution in [0.1, 0.15) is 21.1 Å². The molecule has 3 aromatic rings. The van der Waals surface area contributed by atoms with Crippen molar-refractivity contribution >= 4 is 40.4 Å². The van der Waals surface area contributed by atoms with Crippen LogP contribution in [0.3, 0.4) is 0 Å². The molecule has 32 heavy (non-hydrogen) atoms. The van der Waals surface area contributed by atoms with Gasteiger partial charge < -0.3 is 19.3 Å². The zero-order valence-electron chi connectivity index (χ0n) is 18.2. The first-order valence-electron chi connectivity index (χ1n) is 9.95. The number of likely N-dealkylation sites (N-methyl/N-ethyl adjacent to an activating group) is 1. The minimum absolute atomic E-state index is 0.0674. The molecular formula is C23H25Cl2N3O3S. The van der Waals surface area contributed by atoms with E-state index in [-0.39, 0.29) is 12.5 Å². The highest BCUT2D eigenvalue weighted by molar-refractivity contribution is 7.09. The van der Waals surface area contributed by atoms with E-state index in [9.17, 15) is 4.79 Å². The molecule has 1 aromatic heterocycles. The Morgan fingerprint density at radius 1 is 1.12 bits per heavy atom. The quantitative estimate of drug-likeness (QED) is 0.386. The van der Waals surface area contributed by atoms with Crippen molar-refractivity contribution in [1.82, 2.24) is 14.8 Å². The van der Waals surface area contributed by atoms with E-state index in [1.165, 1.54) is 11.3 Å². The number of nitrogens with zero attached hydrogens (tertiary/aromatic N) is 3. The van der Waals surface area contributed by atoms with Gasteiger partial charge in [-0.1, -0.05) is 29.3 Å². The molecule has 6 nitrogen and oxygen atoms in total. The van der Waals surface area contributed by atoms with Crippen molar-refractivity contribution in [2.24, 2.45) is 0 Å². The van der Waals surface area contributed by atoms with Crippen LogP contribution in [-0.4, -0.2) is 55.0 Å². The van der Waals surface area contributed by atoms with Crippen LogP contribution in [-0.2, 0) is 13.2 Å². The molecule has 0 fully saturated rings. The molecule has 0 aliphatic carbocycles. The van der Waals surface area contributed by atoms with Gasteiger partial charge >= 0.3 is 0 Å². The van der Waals surface area contributed by atoms with Crippen LogP contribution in [0.25, 0.3) is 0 Å². The van der Waals surface area contributed by atoms with Crippen molar-refractivity contribution in [2.45, 2.75) is 13.2 Å². The second kappa shape index (κ2) is 11.5. The molecule has 0 bridgehead atoms. The Kier molecular flexibility index (Phi) is 8.75. The lowest BCUT2D eigenvalue weighted by Gasteiger charge is -2.24. The summed E-state index contributed by atoms with van der Waals surface area (Å²) in [6.07, 6.45) is 0. The second-order valence-electron chi connectivity index (χ2n) is 7.36. The average molecular weight is 494 g/mol. The lowest BCUT2D eigenvalue weighted by Crippen LogP contribution is -2.36. The fraction of sp³-hybridized carbons (Fsp3) is 0.304. The van der Waals surface area contributed by atoms with Crippen molar-refractivity contribution < 1.29 is 14.3 Å². The number of amides is 1.